The van der Waals surface area contributed by atoms with Crippen molar-refractivity contribution < 1.29 is 13.3 Å². The molecule has 1 aliphatic heterocycles. The molecule has 23 heavy (non-hydrogen) atoms. The Labute approximate surface area is 130 Å². The highest BCUT2D eigenvalue weighted by molar-refractivity contribution is 7.91. The number of hydrogen-bond donors (Lipinski definition) is 1. The molecule has 0 atom stereocenters. The number of aromatic nitrogens is 2. The number of nitro groups is 1. The van der Waals surface area contributed by atoms with Crippen molar-refractivity contribution >= 4 is 27.6 Å². The lowest BCUT2D eigenvalue weighted by Crippen LogP contribution is -2.35. The van der Waals surface area contributed by atoms with Crippen LogP contribution in [0.15, 0.2) is 34.9 Å². The number of rotatable bonds is 2. The number of benzene rings is 1. The summed E-state index contributed by atoms with van der Waals surface area (Å²) in [6.07, 6.45) is 1.40. The molecule has 0 amide bonds. The Kier molecular flexibility index (Phi) is 3.21. The van der Waals surface area contributed by atoms with E-state index in [2.05, 4.69) is 14.4 Å². The zero-order valence-corrected chi connectivity index (χ0v) is 12.6. The molecule has 1 aromatic carbocycles. The molecule has 10 nitrogen and oxygen atoms in total. The third-order valence-corrected chi connectivity index (χ3v) is 4.52. The summed E-state index contributed by atoms with van der Waals surface area (Å²) >= 11 is 0. The SMILES string of the molecule is CN1c2nc(-c3ccc([N+](=O)[O-])cc3)cnc2C(N)=NS1(=O)=O. The summed E-state index contributed by atoms with van der Waals surface area (Å²) in [6.45, 7) is 0. The van der Waals surface area contributed by atoms with E-state index in [1.807, 2.05) is 0 Å². The first kappa shape index (κ1) is 14.8. The molecule has 0 saturated carbocycles. The maximum absolute atomic E-state index is 11.8. The van der Waals surface area contributed by atoms with Crippen molar-refractivity contribution in [2.45, 2.75) is 0 Å². The molecule has 3 rings (SSSR count). The first-order valence-electron chi connectivity index (χ1n) is 6.26. The summed E-state index contributed by atoms with van der Waals surface area (Å²) in [5, 5.41) is 10.7. The minimum absolute atomic E-state index is 0.0494. The van der Waals surface area contributed by atoms with Gasteiger partial charge in [0.05, 0.1) is 16.8 Å². The highest BCUT2D eigenvalue weighted by atomic mass is 32.2. The number of nitrogens with zero attached hydrogens (tertiary/aromatic N) is 5. The number of non-ortho nitro benzene ring substituents is 1. The summed E-state index contributed by atoms with van der Waals surface area (Å²) in [6, 6.07) is 5.66. The lowest BCUT2D eigenvalue weighted by atomic mass is 10.1. The summed E-state index contributed by atoms with van der Waals surface area (Å²) in [7, 11) is -2.65. The summed E-state index contributed by atoms with van der Waals surface area (Å²) in [5.74, 6) is -0.186. The zero-order valence-electron chi connectivity index (χ0n) is 11.7. The van der Waals surface area contributed by atoms with Gasteiger partial charge in [-0.1, -0.05) is 0 Å². The van der Waals surface area contributed by atoms with E-state index in [1.54, 1.807) is 0 Å². The van der Waals surface area contributed by atoms with Crippen LogP contribution in [0.4, 0.5) is 11.5 Å². The number of hydrogen-bond acceptors (Lipinski definition) is 7. The first-order chi connectivity index (χ1) is 10.8. The van der Waals surface area contributed by atoms with Crippen molar-refractivity contribution in [1.82, 2.24) is 9.97 Å². The Morgan fingerprint density at radius 1 is 1.26 bits per heavy atom. The lowest BCUT2D eigenvalue weighted by Gasteiger charge is -2.22. The molecule has 118 valence electrons. The fourth-order valence-corrected chi connectivity index (χ4v) is 2.81. The number of amidine groups is 1. The van der Waals surface area contributed by atoms with E-state index in [1.165, 1.54) is 37.5 Å². The van der Waals surface area contributed by atoms with Crippen molar-refractivity contribution in [3.63, 3.8) is 0 Å². The molecule has 11 heteroatoms. The molecule has 1 aliphatic rings. The van der Waals surface area contributed by atoms with Gasteiger partial charge in [0, 0.05) is 24.7 Å². The molecule has 0 saturated heterocycles. The average molecular weight is 334 g/mol. The average Bonchev–Trinajstić information content (AvgIpc) is 2.52. The molecule has 0 fully saturated rings. The van der Waals surface area contributed by atoms with Crippen LogP contribution < -0.4 is 10.0 Å². The minimum Gasteiger partial charge on any atom is -0.381 e. The normalized spacial score (nSPS) is 15.7. The smallest absolute Gasteiger partial charge is 0.347 e. The minimum atomic E-state index is -3.94. The molecule has 2 aromatic rings. The zero-order chi connectivity index (χ0) is 16.8. The molecule has 2 heterocycles. The molecule has 2 N–H and O–H groups in total. The van der Waals surface area contributed by atoms with E-state index in [0.717, 1.165) is 4.31 Å². The molecular weight excluding hydrogens is 324 g/mol. The van der Waals surface area contributed by atoms with Crippen molar-refractivity contribution in [3.8, 4) is 11.3 Å². The molecule has 0 spiro atoms. The molecule has 0 unspecified atom stereocenters. The van der Waals surface area contributed by atoms with Gasteiger partial charge in [0.25, 0.3) is 5.69 Å². The van der Waals surface area contributed by atoms with E-state index in [4.69, 9.17) is 5.73 Å². The quantitative estimate of drug-likeness (QED) is 0.620. The van der Waals surface area contributed by atoms with Crippen molar-refractivity contribution in [3.05, 3.63) is 46.3 Å². The van der Waals surface area contributed by atoms with Crippen LogP contribution in [0.5, 0.6) is 0 Å². The third kappa shape index (κ3) is 2.46. The van der Waals surface area contributed by atoms with Gasteiger partial charge < -0.3 is 5.73 Å². The summed E-state index contributed by atoms with van der Waals surface area (Å²) < 4.78 is 27.9. The van der Waals surface area contributed by atoms with E-state index < -0.39 is 15.1 Å². The topological polar surface area (TPSA) is 145 Å². The maximum Gasteiger partial charge on any atom is 0.347 e. The Morgan fingerprint density at radius 3 is 2.52 bits per heavy atom. The van der Waals surface area contributed by atoms with Gasteiger partial charge in [0.15, 0.2) is 11.7 Å². The predicted octanol–water partition coefficient (Wildman–Crippen LogP) is 0.452. The van der Waals surface area contributed by atoms with Gasteiger partial charge in [-0.3, -0.25) is 10.1 Å². The fourth-order valence-electron chi connectivity index (χ4n) is 2.01. The predicted molar refractivity (Wildman–Crippen MR) is 82.2 cm³/mol. The Hall–Kier alpha value is -3.08. The molecule has 1 aromatic heterocycles. The third-order valence-electron chi connectivity index (χ3n) is 3.23. The number of anilines is 1. The van der Waals surface area contributed by atoms with Crippen LogP contribution in [-0.4, -0.2) is 36.2 Å². The summed E-state index contributed by atoms with van der Waals surface area (Å²) in [4.78, 5) is 18.5. The lowest BCUT2D eigenvalue weighted by molar-refractivity contribution is -0.384. The second-order valence-corrected chi connectivity index (χ2v) is 6.28. The van der Waals surface area contributed by atoms with Crippen molar-refractivity contribution in [2.24, 2.45) is 10.1 Å². The highest BCUT2D eigenvalue weighted by Gasteiger charge is 2.30. The Balaban J connectivity index is 2.10. The van der Waals surface area contributed by atoms with Crippen LogP contribution in [0.25, 0.3) is 11.3 Å². The van der Waals surface area contributed by atoms with E-state index in [9.17, 15) is 18.5 Å². The monoisotopic (exact) mass is 334 g/mol. The molecule has 0 bridgehead atoms. The van der Waals surface area contributed by atoms with Crippen LogP contribution >= 0.6 is 0 Å². The fraction of sp³-hybridized carbons (Fsp3) is 0.0833. The second kappa shape index (κ2) is 4.98. The van der Waals surface area contributed by atoms with Crippen LogP contribution in [0.3, 0.4) is 0 Å². The number of nitro benzene ring substituents is 1. The Bertz CT molecular complexity index is 939. The van der Waals surface area contributed by atoms with Gasteiger partial charge >= 0.3 is 10.2 Å². The summed E-state index contributed by atoms with van der Waals surface area (Å²) in [5.41, 5.74) is 6.60. The number of fused-ring (bicyclic) bond motifs is 1. The highest BCUT2D eigenvalue weighted by Crippen LogP contribution is 2.27. The van der Waals surface area contributed by atoms with E-state index >= 15 is 0 Å². The van der Waals surface area contributed by atoms with Crippen LogP contribution in [0.2, 0.25) is 0 Å². The van der Waals surface area contributed by atoms with Gasteiger partial charge in [-0.05, 0) is 12.1 Å². The first-order valence-corrected chi connectivity index (χ1v) is 7.66. The van der Waals surface area contributed by atoms with E-state index in [0.29, 0.717) is 11.3 Å². The Morgan fingerprint density at radius 2 is 1.91 bits per heavy atom. The van der Waals surface area contributed by atoms with Crippen molar-refractivity contribution in [1.29, 1.82) is 0 Å². The van der Waals surface area contributed by atoms with Gasteiger partial charge in [-0.15, -0.1) is 4.40 Å². The van der Waals surface area contributed by atoms with Crippen LogP contribution in [-0.2, 0) is 10.2 Å². The van der Waals surface area contributed by atoms with Gasteiger partial charge in [0.2, 0.25) is 0 Å². The molecule has 0 aliphatic carbocycles. The van der Waals surface area contributed by atoms with Gasteiger partial charge in [-0.2, -0.15) is 8.42 Å². The number of nitrogens with two attached hydrogens (primary N) is 1. The largest absolute Gasteiger partial charge is 0.381 e. The van der Waals surface area contributed by atoms with Gasteiger partial charge in [0.1, 0.15) is 5.69 Å². The molecule has 0 radical (unpaired) electrons. The van der Waals surface area contributed by atoms with Gasteiger partial charge in [-0.25, -0.2) is 14.3 Å². The van der Waals surface area contributed by atoms with E-state index in [-0.39, 0.29) is 23.0 Å². The van der Waals surface area contributed by atoms with Crippen LogP contribution in [0, 0.1) is 10.1 Å². The van der Waals surface area contributed by atoms with Crippen LogP contribution in [0.1, 0.15) is 5.69 Å². The van der Waals surface area contributed by atoms with Crippen molar-refractivity contribution in [2.75, 3.05) is 11.4 Å². The standard InChI is InChI=1S/C12H10N6O4S/c1-17-12-10(11(13)16-23(17,21)22)14-6-9(15-12)7-2-4-8(5-3-7)18(19)20/h2-6H,1H3,(H2,13,16). The molecular formula is C12H10N6O4S. The maximum atomic E-state index is 11.8. The second-order valence-electron chi connectivity index (χ2n) is 4.65.